The lowest BCUT2D eigenvalue weighted by Crippen LogP contribution is -2.32. The van der Waals surface area contributed by atoms with E-state index in [0.29, 0.717) is 0 Å². The van der Waals surface area contributed by atoms with Gasteiger partial charge in [0.1, 0.15) is 11.5 Å². The summed E-state index contributed by atoms with van der Waals surface area (Å²) in [6.45, 7) is 4.66. The van der Waals surface area contributed by atoms with E-state index in [0.717, 1.165) is 60.9 Å². The van der Waals surface area contributed by atoms with E-state index in [2.05, 4.69) is 184 Å². The van der Waals surface area contributed by atoms with Crippen LogP contribution in [0.5, 0.6) is 11.5 Å². The minimum Gasteiger partial charge on any atom is -0.457 e. The third-order valence-electron chi connectivity index (χ3n) is 13.1. The van der Waals surface area contributed by atoms with Gasteiger partial charge in [0.15, 0.2) is 5.82 Å². The number of rotatable bonds is 2. The van der Waals surface area contributed by atoms with Crippen molar-refractivity contribution < 1.29 is 4.74 Å². The summed E-state index contributed by atoms with van der Waals surface area (Å²) in [4.78, 5) is 11.1. The van der Waals surface area contributed by atoms with Crippen molar-refractivity contribution in [3.63, 3.8) is 0 Å². The van der Waals surface area contributed by atoms with Crippen LogP contribution in [0.15, 0.2) is 170 Å². The summed E-state index contributed by atoms with van der Waals surface area (Å²) in [7, 11) is 0. The average molecular weight is 759 g/mol. The van der Waals surface area contributed by atoms with Crippen molar-refractivity contribution in [3.05, 3.63) is 203 Å². The molecule has 2 aromatic heterocycles. The van der Waals surface area contributed by atoms with Crippen molar-refractivity contribution in [3.8, 4) is 56.4 Å². The lowest BCUT2D eigenvalue weighted by atomic mass is 9.66. The molecule has 0 bridgehead atoms. The molecule has 0 saturated carbocycles. The zero-order valence-electron chi connectivity index (χ0n) is 31.9. The van der Waals surface area contributed by atoms with Crippen molar-refractivity contribution >= 4 is 42.4 Å². The zero-order chi connectivity index (χ0) is 38.3. The summed E-state index contributed by atoms with van der Waals surface area (Å²) in [5.74, 6) is 2.51. The predicted octanol–water partition coefficient (Wildman–Crippen LogP) is 14.1. The Labute approximate surface area is 339 Å². The second kappa shape index (κ2) is 11.4. The zero-order valence-corrected chi connectivity index (χ0v) is 32.7. The van der Waals surface area contributed by atoms with Crippen LogP contribution in [0.3, 0.4) is 0 Å². The summed E-state index contributed by atoms with van der Waals surface area (Å²) in [6, 6.07) is 62.0. The second-order valence-corrected chi connectivity index (χ2v) is 17.5. The van der Waals surface area contributed by atoms with Crippen LogP contribution in [-0.2, 0) is 10.8 Å². The van der Waals surface area contributed by atoms with Crippen LogP contribution < -0.4 is 4.74 Å². The van der Waals surface area contributed by atoms with Crippen molar-refractivity contribution in [1.29, 1.82) is 0 Å². The second-order valence-electron chi connectivity index (χ2n) is 16.4. The molecule has 58 heavy (non-hydrogen) atoms. The molecule has 1 aliphatic heterocycles. The van der Waals surface area contributed by atoms with Crippen molar-refractivity contribution in [2.75, 3.05) is 0 Å². The molecule has 13 rings (SSSR count). The quantitative estimate of drug-likeness (QED) is 0.176. The monoisotopic (exact) mass is 758 g/mol. The highest BCUT2D eigenvalue weighted by atomic mass is 32.1. The lowest BCUT2D eigenvalue weighted by molar-refractivity contribution is 0.436. The number of fused-ring (bicyclic) bond motifs is 16. The fourth-order valence-corrected chi connectivity index (χ4v) is 11.7. The molecular weight excluding hydrogens is 725 g/mol. The molecule has 0 N–H and O–H groups in total. The number of thiophene rings is 1. The number of hydrogen-bond acceptors (Lipinski definition) is 4. The van der Waals surface area contributed by atoms with E-state index < -0.39 is 5.41 Å². The number of aromatic nitrogens is 2. The van der Waals surface area contributed by atoms with Gasteiger partial charge in [-0.2, -0.15) is 0 Å². The molecular formula is C54H34N2OS. The Morgan fingerprint density at radius 1 is 0.483 bits per heavy atom. The van der Waals surface area contributed by atoms with Gasteiger partial charge in [0, 0.05) is 37.8 Å². The Morgan fingerprint density at radius 3 is 1.93 bits per heavy atom. The van der Waals surface area contributed by atoms with E-state index in [1.54, 1.807) is 11.3 Å². The third-order valence-corrected chi connectivity index (χ3v) is 14.3. The molecule has 272 valence electrons. The minimum absolute atomic E-state index is 0.0799. The molecule has 0 atom stereocenters. The molecule has 3 heterocycles. The van der Waals surface area contributed by atoms with Crippen LogP contribution in [0.4, 0.5) is 0 Å². The summed E-state index contributed by atoms with van der Waals surface area (Å²) in [6.07, 6.45) is 0. The molecule has 3 aliphatic rings. The van der Waals surface area contributed by atoms with Crippen LogP contribution in [0.1, 0.15) is 47.2 Å². The number of benzene rings is 8. The van der Waals surface area contributed by atoms with Crippen molar-refractivity contribution in [2.24, 2.45) is 0 Å². The SMILES string of the molecule is CC1(C)c2ccccc2-c2cc(-c3nc(-c4cccc5c4-c4cc6ccccc6cc4C54c5ccccc5Oc5ccccc54)c4sc5ccccc5c4n3)ccc21. The van der Waals surface area contributed by atoms with Crippen LogP contribution in [0.25, 0.3) is 76.0 Å². The molecule has 1 spiro atoms. The van der Waals surface area contributed by atoms with Crippen molar-refractivity contribution in [2.45, 2.75) is 24.7 Å². The van der Waals surface area contributed by atoms with Crippen LogP contribution >= 0.6 is 11.3 Å². The van der Waals surface area contributed by atoms with Gasteiger partial charge in [-0.15, -0.1) is 11.3 Å². The van der Waals surface area contributed by atoms with E-state index in [9.17, 15) is 0 Å². The van der Waals surface area contributed by atoms with E-state index in [1.807, 2.05) is 0 Å². The summed E-state index contributed by atoms with van der Waals surface area (Å²) in [5.41, 5.74) is 15.9. The molecule has 4 heteroatoms. The first kappa shape index (κ1) is 32.2. The predicted molar refractivity (Wildman–Crippen MR) is 238 cm³/mol. The molecule has 2 aliphatic carbocycles. The van der Waals surface area contributed by atoms with Crippen LogP contribution in [-0.4, -0.2) is 9.97 Å². The molecule has 8 aromatic carbocycles. The molecule has 0 saturated heterocycles. The maximum absolute atomic E-state index is 6.70. The van der Waals surface area contributed by atoms with Gasteiger partial charge in [0.2, 0.25) is 0 Å². The van der Waals surface area contributed by atoms with Gasteiger partial charge in [0.05, 0.1) is 21.3 Å². The van der Waals surface area contributed by atoms with Gasteiger partial charge in [0.25, 0.3) is 0 Å². The Kier molecular flexibility index (Phi) is 6.32. The highest BCUT2D eigenvalue weighted by Gasteiger charge is 2.52. The molecule has 0 radical (unpaired) electrons. The molecule has 0 unspecified atom stereocenters. The maximum Gasteiger partial charge on any atom is 0.160 e. The first-order valence-electron chi connectivity index (χ1n) is 20.0. The Hall–Kier alpha value is -6.88. The first-order valence-corrected chi connectivity index (χ1v) is 20.8. The summed E-state index contributed by atoms with van der Waals surface area (Å²) in [5, 5.41) is 3.58. The third kappa shape index (κ3) is 4.07. The van der Waals surface area contributed by atoms with Crippen molar-refractivity contribution in [1.82, 2.24) is 9.97 Å². The summed E-state index contributed by atoms with van der Waals surface area (Å²) >= 11 is 1.79. The fraction of sp³-hybridized carbons (Fsp3) is 0.0741. The van der Waals surface area contributed by atoms with Gasteiger partial charge in [-0.05, 0) is 91.7 Å². The summed E-state index contributed by atoms with van der Waals surface area (Å²) < 4.78 is 9.01. The maximum atomic E-state index is 6.70. The van der Waals surface area contributed by atoms with Crippen LogP contribution in [0.2, 0.25) is 0 Å². The standard InChI is InChI=1S/C54H34N2OS/c1-53(2)39-19-7-5-16-34(39)37-29-33(26-27-40(37)53)52-55-49-35-17-6-12-25-47(35)58-51(49)50(56-52)36-18-13-22-43-48(36)38-28-31-14-3-4-15-32(31)30-44(38)54(43)41-20-8-10-23-45(41)57-46-24-11-9-21-42(46)54/h3-30H,1-2H3. The minimum atomic E-state index is -0.606. The highest BCUT2D eigenvalue weighted by molar-refractivity contribution is 7.26. The Morgan fingerprint density at radius 2 is 1.12 bits per heavy atom. The average Bonchev–Trinajstić information content (AvgIpc) is 3.86. The van der Waals surface area contributed by atoms with Gasteiger partial charge in [-0.3, -0.25) is 0 Å². The van der Waals surface area contributed by atoms with E-state index in [1.165, 1.54) is 60.0 Å². The number of nitrogens with zero attached hydrogens (tertiary/aromatic N) is 2. The number of ether oxygens (including phenoxy) is 1. The van der Waals surface area contributed by atoms with Gasteiger partial charge >= 0.3 is 0 Å². The van der Waals surface area contributed by atoms with Gasteiger partial charge < -0.3 is 4.74 Å². The number of hydrogen-bond donors (Lipinski definition) is 0. The topological polar surface area (TPSA) is 35.0 Å². The molecule has 0 fully saturated rings. The Balaban J connectivity index is 1.14. The number of para-hydroxylation sites is 2. The fourth-order valence-electron chi connectivity index (χ4n) is 10.6. The smallest absolute Gasteiger partial charge is 0.160 e. The van der Waals surface area contributed by atoms with E-state index in [-0.39, 0.29) is 5.41 Å². The molecule has 3 nitrogen and oxygen atoms in total. The van der Waals surface area contributed by atoms with Gasteiger partial charge in [-0.1, -0.05) is 147 Å². The van der Waals surface area contributed by atoms with E-state index in [4.69, 9.17) is 14.7 Å². The molecule has 0 amide bonds. The van der Waals surface area contributed by atoms with Gasteiger partial charge in [-0.25, -0.2) is 9.97 Å². The van der Waals surface area contributed by atoms with E-state index >= 15 is 0 Å². The Bertz CT molecular complexity index is 3380. The largest absolute Gasteiger partial charge is 0.457 e. The molecule has 10 aromatic rings. The first-order chi connectivity index (χ1) is 28.5. The van der Waals surface area contributed by atoms with Crippen LogP contribution in [0, 0.1) is 0 Å². The highest BCUT2D eigenvalue weighted by Crippen LogP contribution is 2.64. The lowest BCUT2D eigenvalue weighted by Gasteiger charge is -2.39. The normalized spacial score (nSPS) is 14.8.